The van der Waals surface area contributed by atoms with Crippen LogP contribution in [0.25, 0.3) is 0 Å². The highest BCUT2D eigenvalue weighted by atomic mass is 16.5. The lowest BCUT2D eigenvalue weighted by Gasteiger charge is -2.15. The summed E-state index contributed by atoms with van der Waals surface area (Å²) in [5.74, 6) is -0.161. The molecule has 2 amide bonds. The lowest BCUT2D eigenvalue weighted by Crippen LogP contribution is -2.37. The third kappa shape index (κ3) is 3.54. The minimum Gasteiger partial charge on any atom is -0.377 e. The average Bonchev–Trinajstić information content (AvgIpc) is 2.38. The van der Waals surface area contributed by atoms with Crippen LogP contribution in [0.1, 0.15) is 17.3 Å². The number of nitrogens with zero attached hydrogens (tertiary/aromatic N) is 1. The van der Waals surface area contributed by atoms with Crippen LogP contribution < -0.4 is 10.4 Å². The number of amides is 2. The van der Waals surface area contributed by atoms with Crippen LogP contribution in [-0.4, -0.2) is 37.3 Å². The quantitative estimate of drug-likeness (QED) is 0.472. The van der Waals surface area contributed by atoms with E-state index in [0.29, 0.717) is 17.2 Å². The predicted octanol–water partition coefficient (Wildman–Crippen LogP) is 1.44. The summed E-state index contributed by atoms with van der Waals surface area (Å²) in [6.45, 7) is 2.16. The second-order valence-electron chi connectivity index (χ2n) is 3.55. The molecular weight excluding hydrogens is 236 g/mol. The molecule has 0 aliphatic carbocycles. The van der Waals surface area contributed by atoms with Gasteiger partial charge in [-0.05, 0) is 31.2 Å². The number of Topliss-reactive ketones (excluding diaryl/α,β-unsaturated/α-hetero) is 1. The van der Waals surface area contributed by atoms with Gasteiger partial charge >= 0.3 is 6.03 Å². The number of rotatable bonds is 5. The highest BCUT2D eigenvalue weighted by Gasteiger charge is 2.12. The second kappa shape index (κ2) is 6.73. The molecule has 6 heteroatoms. The van der Waals surface area contributed by atoms with E-state index in [1.165, 1.54) is 31.4 Å². The molecule has 0 radical (unpaired) electrons. The van der Waals surface area contributed by atoms with E-state index in [2.05, 4.69) is 5.32 Å². The summed E-state index contributed by atoms with van der Waals surface area (Å²) in [6, 6.07) is 5.41. The number of hydroxylamine groups is 1. The smallest absolute Gasteiger partial charge is 0.345 e. The van der Waals surface area contributed by atoms with Crippen LogP contribution in [0, 0.1) is 0 Å². The zero-order valence-corrected chi connectivity index (χ0v) is 10.3. The van der Waals surface area contributed by atoms with Gasteiger partial charge in [-0.2, -0.15) is 5.06 Å². The molecule has 0 aliphatic rings. The monoisotopic (exact) mass is 252 g/mol. The van der Waals surface area contributed by atoms with Gasteiger partial charge in [-0.3, -0.25) is 10.0 Å². The van der Waals surface area contributed by atoms with Crippen LogP contribution in [0.15, 0.2) is 24.3 Å². The third-order valence-electron chi connectivity index (χ3n) is 2.23. The molecule has 98 valence electrons. The number of anilines is 1. The van der Waals surface area contributed by atoms with Crippen molar-refractivity contribution in [3.8, 4) is 0 Å². The Kier molecular flexibility index (Phi) is 5.29. The van der Waals surface area contributed by atoms with E-state index in [0.717, 1.165) is 0 Å². The van der Waals surface area contributed by atoms with Crippen LogP contribution >= 0.6 is 0 Å². The Morgan fingerprint density at radius 3 is 2.44 bits per heavy atom. The summed E-state index contributed by atoms with van der Waals surface area (Å²) in [6.07, 6.45) is 0. The van der Waals surface area contributed by atoms with E-state index >= 15 is 0 Å². The maximum atomic E-state index is 11.5. The first-order valence-electron chi connectivity index (χ1n) is 5.49. The van der Waals surface area contributed by atoms with Gasteiger partial charge in [0.1, 0.15) is 6.61 Å². The van der Waals surface area contributed by atoms with Crippen molar-refractivity contribution in [2.45, 2.75) is 6.92 Å². The number of ether oxygens (including phenoxy) is 1. The van der Waals surface area contributed by atoms with Crippen molar-refractivity contribution in [1.29, 1.82) is 0 Å². The predicted molar refractivity (Wildman–Crippen MR) is 66.0 cm³/mol. The summed E-state index contributed by atoms with van der Waals surface area (Å²) in [7, 11) is 1.44. The molecule has 1 aromatic carbocycles. The Labute approximate surface area is 105 Å². The van der Waals surface area contributed by atoms with E-state index in [9.17, 15) is 14.8 Å². The molecule has 0 aromatic heterocycles. The van der Waals surface area contributed by atoms with E-state index in [1.807, 2.05) is 0 Å². The van der Waals surface area contributed by atoms with Crippen molar-refractivity contribution in [2.24, 2.45) is 0 Å². The van der Waals surface area contributed by atoms with Crippen molar-refractivity contribution < 1.29 is 19.5 Å². The van der Waals surface area contributed by atoms with Crippen LogP contribution in [0.2, 0.25) is 0 Å². The summed E-state index contributed by atoms with van der Waals surface area (Å²) in [5.41, 5.74) is 0.750. The van der Waals surface area contributed by atoms with Gasteiger partial charge in [0.15, 0.2) is 5.78 Å². The Morgan fingerprint density at radius 2 is 1.94 bits per heavy atom. The number of ketones is 1. The number of hydrogen-bond donors (Lipinski definition) is 2. The molecule has 0 unspecified atom stereocenters. The fourth-order valence-electron chi connectivity index (χ4n) is 1.35. The highest BCUT2D eigenvalue weighted by molar-refractivity contribution is 5.98. The minimum atomic E-state index is -0.617. The van der Waals surface area contributed by atoms with E-state index < -0.39 is 6.03 Å². The fourth-order valence-corrected chi connectivity index (χ4v) is 1.35. The molecule has 0 saturated heterocycles. The second-order valence-corrected chi connectivity index (χ2v) is 3.55. The van der Waals surface area contributed by atoms with Gasteiger partial charge in [-0.1, -0.05) is 0 Å². The van der Waals surface area contributed by atoms with Crippen molar-refractivity contribution in [2.75, 3.05) is 25.3 Å². The van der Waals surface area contributed by atoms with Crippen molar-refractivity contribution in [3.05, 3.63) is 29.8 Å². The van der Waals surface area contributed by atoms with Crippen molar-refractivity contribution in [3.63, 3.8) is 0 Å². The molecular formula is C12H16N2O4. The number of benzene rings is 1. The number of carbonyl (C=O) groups excluding carboxylic acids is 2. The van der Waals surface area contributed by atoms with E-state index in [-0.39, 0.29) is 18.1 Å². The molecule has 0 spiro atoms. The highest BCUT2D eigenvalue weighted by Crippen LogP contribution is 2.14. The number of methoxy groups -OCH3 is 1. The number of hydrogen-bond acceptors (Lipinski definition) is 4. The molecule has 1 aromatic rings. The Balaban J connectivity index is 2.76. The molecule has 0 atom stereocenters. The van der Waals surface area contributed by atoms with Gasteiger partial charge in [-0.15, -0.1) is 0 Å². The lowest BCUT2D eigenvalue weighted by atomic mass is 10.1. The average molecular weight is 252 g/mol. The topological polar surface area (TPSA) is 78.9 Å². The fraction of sp³-hybridized carbons (Fsp3) is 0.333. The minimum absolute atomic E-state index is 0.00148. The Bertz CT molecular complexity index is 417. The number of carbonyl (C=O) groups is 2. The zero-order chi connectivity index (χ0) is 13.5. The van der Waals surface area contributed by atoms with Crippen LogP contribution in [0.5, 0.6) is 0 Å². The lowest BCUT2D eigenvalue weighted by molar-refractivity contribution is 0.0848. The molecule has 1 rings (SSSR count). The number of urea groups is 1. The zero-order valence-electron chi connectivity index (χ0n) is 10.3. The van der Waals surface area contributed by atoms with Gasteiger partial charge in [0, 0.05) is 19.2 Å². The first kappa shape index (κ1) is 14.1. The van der Waals surface area contributed by atoms with Crippen LogP contribution in [-0.2, 0) is 4.74 Å². The summed E-state index contributed by atoms with van der Waals surface area (Å²) in [4.78, 5) is 22.8. The van der Waals surface area contributed by atoms with Crippen LogP contribution in [0.3, 0.4) is 0 Å². The largest absolute Gasteiger partial charge is 0.377 e. The first-order valence-corrected chi connectivity index (χ1v) is 5.49. The van der Waals surface area contributed by atoms with Gasteiger partial charge in [0.05, 0.1) is 5.69 Å². The molecule has 6 nitrogen and oxygen atoms in total. The van der Waals surface area contributed by atoms with Gasteiger partial charge in [0.2, 0.25) is 0 Å². The molecule has 18 heavy (non-hydrogen) atoms. The molecule has 0 heterocycles. The first-order chi connectivity index (χ1) is 8.60. The van der Waals surface area contributed by atoms with Crippen molar-refractivity contribution in [1.82, 2.24) is 5.32 Å². The maximum Gasteiger partial charge on any atom is 0.345 e. The summed E-state index contributed by atoms with van der Waals surface area (Å²) < 4.78 is 4.73. The molecule has 2 N–H and O–H groups in total. The molecule has 0 bridgehead atoms. The molecule has 0 aliphatic heterocycles. The molecule has 0 saturated carbocycles. The normalized spacial score (nSPS) is 9.94. The summed E-state index contributed by atoms with van der Waals surface area (Å²) in [5, 5.41) is 12.5. The standard InChI is InChI=1S/C12H16N2O4/c1-3-13-12(16)14(17)10-6-4-9(5-7-10)11(15)8-18-2/h4-7,17H,3,8H2,1-2H3,(H,13,16). The van der Waals surface area contributed by atoms with E-state index in [4.69, 9.17) is 4.74 Å². The van der Waals surface area contributed by atoms with Gasteiger partial charge in [-0.25, -0.2) is 4.79 Å². The Morgan fingerprint density at radius 1 is 1.33 bits per heavy atom. The molecule has 0 fully saturated rings. The van der Waals surface area contributed by atoms with Gasteiger partial charge < -0.3 is 10.1 Å². The third-order valence-corrected chi connectivity index (χ3v) is 2.23. The van der Waals surface area contributed by atoms with E-state index in [1.54, 1.807) is 6.92 Å². The summed E-state index contributed by atoms with van der Waals surface area (Å²) >= 11 is 0. The SMILES string of the molecule is CCNC(=O)N(O)c1ccc(C(=O)COC)cc1. The maximum absolute atomic E-state index is 11.5. The van der Waals surface area contributed by atoms with Crippen LogP contribution in [0.4, 0.5) is 10.5 Å². The van der Waals surface area contributed by atoms with Crippen molar-refractivity contribution >= 4 is 17.5 Å². The number of nitrogens with one attached hydrogen (secondary N) is 1. The van der Waals surface area contributed by atoms with Gasteiger partial charge in [0.25, 0.3) is 0 Å². The Hall–Kier alpha value is -1.92.